The summed E-state index contributed by atoms with van der Waals surface area (Å²) in [6, 6.07) is 29.6. The van der Waals surface area contributed by atoms with Crippen LogP contribution in [0.2, 0.25) is 6.04 Å². The summed E-state index contributed by atoms with van der Waals surface area (Å²) in [5.41, 5.74) is 0.660. The molecule has 0 aliphatic carbocycles. The van der Waals surface area contributed by atoms with Gasteiger partial charge in [-0.3, -0.25) is 4.79 Å². The Morgan fingerprint density at radius 1 is 0.808 bits per heavy atom. The monoisotopic (exact) mass is 360 g/mol. The lowest BCUT2D eigenvalue weighted by atomic mass is 10.2. The van der Waals surface area contributed by atoms with Crippen molar-refractivity contribution in [1.82, 2.24) is 0 Å². The minimum atomic E-state index is -2.47. The fourth-order valence-electron chi connectivity index (χ4n) is 3.37. The van der Waals surface area contributed by atoms with Crippen molar-refractivity contribution in [2.75, 3.05) is 0 Å². The molecule has 0 heterocycles. The topological polar surface area (TPSA) is 26.3 Å². The molecule has 0 N–H and O–H groups in total. The fraction of sp³-hybridized carbons (Fsp3) is 0.174. The van der Waals surface area contributed by atoms with E-state index in [4.69, 9.17) is 4.43 Å². The average molecular weight is 361 g/mol. The molecule has 0 saturated heterocycles. The molecular weight excluding hydrogens is 336 g/mol. The van der Waals surface area contributed by atoms with Gasteiger partial charge in [0, 0.05) is 5.56 Å². The van der Waals surface area contributed by atoms with Crippen LogP contribution in [-0.4, -0.2) is 14.6 Å². The third-order valence-corrected chi connectivity index (χ3v) is 8.99. The van der Waals surface area contributed by atoms with Gasteiger partial charge in [-0.2, -0.15) is 0 Å². The molecule has 3 heteroatoms. The smallest absolute Gasteiger partial charge is 0.314 e. The SMILES string of the molecule is CC(C)C[Si](Oc1ccc(C=O)cc1)(c1ccccc1)c1ccccc1. The standard InChI is InChI=1S/C23H24O2Si/c1-19(2)18-26(22-9-5-3-6-10-22,23-11-7-4-8-12-23)25-21-15-13-20(17-24)14-16-21/h3-17,19H,18H2,1-2H3. The highest BCUT2D eigenvalue weighted by Gasteiger charge is 2.42. The summed E-state index contributed by atoms with van der Waals surface area (Å²) >= 11 is 0. The molecule has 0 fully saturated rings. The summed E-state index contributed by atoms with van der Waals surface area (Å²) in [4.78, 5) is 11.0. The Balaban J connectivity index is 2.13. The Morgan fingerprint density at radius 3 is 1.73 bits per heavy atom. The summed E-state index contributed by atoms with van der Waals surface area (Å²) < 4.78 is 6.81. The van der Waals surface area contributed by atoms with Gasteiger partial charge in [0.25, 0.3) is 0 Å². The van der Waals surface area contributed by atoms with Gasteiger partial charge in [-0.05, 0) is 46.6 Å². The first-order chi connectivity index (χ1) is 12.6. The zero-order chi connectivity index (χ0) is 18.4. The van der Waals surface area contributed by atoms with Crippen molar-refractivity contribution in [3.05, 3.63) is 90.5 Å². The minimum Gasteiger partial charge on any atom is -0.535 e. The average Bonchev–Trinajstić information content (AvgIpc) is 2.69. The molecular formula is C23H24O2Si. The number of rotatable bonds is 7. The molecule has 0 atom stereocenters. The molecule has 3 aromatic rings. The molecule has 0 bridgehead atoms. The van der Waals surface area contributed by atoms with Crippen LogP contribution >= 0.6 is 0 Å². The van der Waals surface area contributed by atoms with Crippen LogP contribution in [0, 0.1) is 5.92 Å². The lowest BCUT2D eigenvalue weighted by Crippen LogP contribution is -2.63. The Morgan fingerprint density at radius 2 is 1.31 bits per heavy atom. The first-order valence-corrected chi connectivity index (χ1v) is 11.1. The minimum absolute atomic E-state index is 0.497. The van der Waals surface area contributed by atoms with Crippen LogP contribution in [0.4, 0.5) is 0 Å². The number of aldehydes is 1. The number of carbonyl (C=O) groups excluding carboxylic acids is 1. The molecule has 0 spiro atoms. The molecule has 0 aliphatic rings. The second kappa shape index (κ2) is 8.15. The summed E-state index contributed by atoms with van der Waals surface area (Å²) in [5, 5.41) is 2.53. The van der Waals surface area contributed by atoms with Crippen molar-refractivity contribution < 1.29 is 9.22 Å². The van der Waals surface area contributed by atoms with Gasteiger partial charge in [0.2, 0.25) is 0 Å². The van der Waals surface area contributed by atoms with E-state index < -0.39 is 8.32 Å². The van der Waals surface area contributed by atoms with Crippen molar-refractivity contribution in [2.45, 2.75) is 19.9 Å². The molecule has 0 amide bonds. The largest absolute Gasteiger partial charge is 0.535 e. The third-order valence-electron chi connectivity index (χ3n) is 4.48. The van der Waals surface area contributed by atoms with Crippen molar-refractivity contribution in [3.8, 4) is 5.75 Å². The van der Waals surface area contributed by atoms with E-state index in [-0.39, 0.29) is 0 Å². The predicted octanol–water partition coefficient (Wildman–Crippen LogP) is 4.29. The van der Waals surface area contributed by atoms with Crippen molar-refractivity contribution >= 4 is 25.0 Å². The maximum absolute atomic E-state index is 11.0. The van der Waals surface area contributed by atoms with Gasteiger partial charge in [-0.25, -0.2) is 0 Å². The summed E-state index contributed by atoms with van der Waals surface area (Å²) in [6.45, 7) is 4.49. The predicted molar refractivity (Wildman–Crippen MR) is 110 cm³/mol. The van der Waals surface area contributed by atoms with E-state index >= 15 is 0 Å². The lowest BCUT2D eigenvalue weighted by molar-refractivity contribution is 0.112. The lowest BCUT2D eigenvalue weighted by Gasteiger charge is -2.34. The van der Waals surface area contributed by atoms with E-state index in [0.29, 0.717) is 11.5 Å². The highest BCUT2D eigenvalue weighted by Crippen LogP contribution is 2.23. The molecule has 3 aromatic carbocycles. The van der Waals surface area contributed by atoms with E-state index in [0.717, 1.165) is 18.1 Å². The van der Waals surface area contributed by atoms with Gasteiger partial charge in [-0.1, -0.05) is 74.5 Å². The molecule has 26 heavy (non-hydrogen) atoms. The molecule has 0 unspecified atom stereocenters. The van der Waals surface area contributed by atoms with Crippen LogP contribution in [0.1, 0.15) is 24.2 Å². The maximum Gasteiger partial charge on any atom is 0.314 e. The highest BCUT2D eigenvalue weighted by molar-refractivity contribution is 6.98. The van der Waals surface area contributed by atoms with Crippen molar-refractivity contribution in [1.29, 1.82) is 0 Å². The third kappa shape index (κ3) is 3.94. The van der Waals surface area contributed by atoms with Crippen LogP contribution in [0.25, 0.3) is 0 Å². The second-order valence-corrected chi connectivity index (χ2v) is 10.4. The number of carbonyl (C=O) groups is 1. The molecule has 0 saturated carbocycles. The number of hydrogen-bond acceptors (Lipinski definition) is 2. The Kier molecular flexibility index (Phi) is 5.69. The van der Waals surface area contributed by atoms with E-state index in [9.17, 15) is 4.79 Å². The first kappa shape index (κ1) is 18.1. The quantitative estimate of drug-likeness (QED) is 0.464. The van der Waals surface area contributed by atoms with Crippen LogP contribution in [0.3, 0.4) is 0 Å². The normalized spacial score (nSPS) is 11.3. The van der Waals surface area contributed by atoms with Crippen LogP contribution in [0.15, 0.2) is 84.9 Å². The Hall–Kier alpha value is -2.65. The molecule has 0 radical (unpaired) electrons. The zero-order valence-electron chi connectivity index (χ0n) is 15.3. The van der Waals surface area contributed by atoms with Crippen molar-refractivity contribution in [3.63, 3.8) is 0 Å². The number of benzene rings is 3. The Labute approximate surface area is 156 Å². The van der Waals surface area contributed by atoms with E-state index in [1.165, 1.54) is 10.4 Å². The summed E-state index contributed by atoms with van der Waals surface area (Å²) in [5.74, 6) is 1.31. The van der Waals surface area contributed by atoms with Crippen LogP contribution in [-0.2, 0) is 0 Å². The van der Waals surface area contributed by atoms with Gasteiger partial charge < -0.3 is 4.43 Å². The van der Waals surface area contributed by atoms with Gasteiger partial charge >= 0.3 is 8.32 Å². The molecule has 2 nitrogen and oxygen atoms in total. The van der Waals surface area contributed by atoms with E-state index in [1.807, 2.05) is 36.4 Å². The van der Waals surface area contributed by atoms with E-state index in [2.05, 4.69) is 62.4 Å². The summed E-state index contributed by atoms with van der Waals surface area (Å²) in [7, 11) is -2.47. The fourth-order valence-corrected chi connectivity index (χ4v) is 7.64. The van der Waals surface area contributed by atoms with Crippen molar-refractivity contribution in [2.24, 2.45) is 5.92 Å². The second-order valence-electron chi connectivity index (χ2n) is 6.95. The molecule has 3 rings (SSSR count). The van der Waals surface area contributed by atoms with Gasteiger partial charge in [0.15, 0.2) is 0 Å². The first-order valence-electron chi connectivity index (χ1n) is 8.99. The van der Waals surface area contributed by atoms with Crippen LogP contribution in [0.5, 0.6) is 5.75 Å². The summed E-state index contributed by atoms with van der Waals surface area (Å²) in [6.07, 6.45) is 0.858. The number of hydrogen-bond donors (Lipinski definition) is 0. The maximum atomic E-state index is 11.0. The van der Waals surface area contributed by atoms with Gasteiger partial charge in [-0.15, -0.1) is 0 Å². The van der Waals surface area contributed by atoms with Crippen LogP contribution < -0.4 is 14.8 Å². The Bertz CT molecular complexity index is 788. The van der Waals surface area contributed by atoms with Gasteiger partial charge in [0.05, 0.1) is 0 Å². The molecule has 0 aliphatic heterocycles. The zero-order valence-corrected chi connectivity index (χ0v) is 16.3. The van der Waals surface area contributed by atoms with Gasteiger partial charge in [0.1, 0.15) is 12.0 Å². The highest BCUT2D eigenvalue weighted by atomic mass is 28.4. The molecule has 132 valence electrons. The van der Waals surface area contributed by atoms with E-state index in [1.54, 1.807) is 0 Å². The molecule has 0 aromatic heterocycles.